The summed E-state index contributed by atoms with van der Waals surface area (Å²) in [6.45, 7) is 0.847. The van der Waals surface area contributed by atoms with E-state index in [1.54, 1.807) is 6.20 Å². The number of rotatable bonds is 3. The van der Waals surface area contributed by atoms with Gasteiger partial charge < -0.3 is 9.64 Å². The van der Waals surface area contributed by atoms with E-state index in [-0.39, 0.29) is 11.5 Å². The van der Waals surface area contributed by atoms with E-state index >= 15 is 0 Å². The molecule has 0 saturated heterocycles. The predicted molar refractivity (Wildman–Crippen MR) is 78.9 cm³/mol. The average Bonchev–Trinajstić information content (AvgIpc) is 2.89. The fraction of sp³-hybridized carbons (Fsp3) is 0.571. The highest BCUT2D eigenvalue weighted by Crippen LogP contribution is 2.30. The zero-order chi connectivity index (χ0) is 13.9. The molecular weight excluding hydrogens is 276 g/mol. The summed E-state index contributed by atoms with van der Waals surface area (Å²) in [7, 11) is 2.03. The monoisotopic (exact) mass is 294 g/mol. The van der Waals surface area contributed by atoms with Gasteiger partial charge in [0.15, 0.2) is 0 Å². The zero-order valence-corrected chi connectivity index (χ0v) is 12.3. The van der Waals surface area contributed by atoms with Crippen molar-refractivity contribution in [2.75, 3.05) is 13.7 Å². The molecule has 0 spiro atoms. The molecule has 3 rings (SSSR count). The molecule has 2 aliphatic rings. The molecule has 0 aromatic carbocycles. The molecule has 3 atom stereocenters. The first-order valence-electron chi connectivity index (χ1n) is 6.95. The van der Waals surface area contributed by atoms with Crippen molar-refractivity contribution in [1.82, 2.24) is 14.9 Å². The molecule has 5 nitrogen and oxygen atoms in total. The number of pyridine rings is 1. The van der Waals surface area contributed by atoms with Gasteiger partial charge in [-0.3, -0.25) is 5.01 Å². The molecule has 0 radical (unpaired) electrons. The van der Waals surface area contributed by atoms with Crippen molar-refractivity contribution >= 4 is 17.9 Å². The van der Waals surface area contributed by atoms with E-state index in [0.29, 0.717) is 11.9 Å². The van der Waals surface area contributed by atoms with Crippen LogP contribution >= 0.6 is 11.6 Å². The van der Waals surface area contributed by atoms with E-state index in [1.165, 1.54) is 0 Å². The van der Waals surface area contributed by atoms with Gasteiger partial charge in [0.05, 0.1) is 11.4 Å². The third kappa shape index (κ3) is 2.98. The second-order valence-corrected chi connectivity index (χ2v) is 5.94. The lowest BCUT2D eigenvalue weighted by molar-refractivity contribution is 0.0848. The Morgan fingerprint density at radius 1 is 1.35 bits per heavy atom. The van der Waals surface area contributed by atoms with Crippen LogP contribution < -0.4 is 4.74 Å². The van der Waals surface area contributed by atoms with Crippen LogP contribution in [0.5, 0.6) is 5.88 Å². The molecule has 108 valence electrons. The van der Waals surface area contributed by atoms with Gasteiger partial charge in [-0.25, -0.2) is 4.98 Å². The number of ether oxygens (including phenoxy) is 1. The Kier molecular flexibility index (Phi) is 3.96. The highest BCUT2D eigenvalue weighted by atomic mass is 35.5. The molecule has 1 aromatic rings. The number of hydrogen-bond donors (Lipinski definition) is 0. The maximum atomic E-state index is 6.50. The minimum Gasteiger partial charge on any atom is -0.473 e. The van der Waals surface area contributed by atoms with Crippen molar-refractivity contribution in [3.63, 3.8) is 0 Å². The van der Waals surface area contributed by atoms with E-state index in [0.717, 1.165) is 25.9 Å². The van der Waals surface area contributed by atoms with Gasteiger partial charge in [-0.05, 0) is 25.3 Å². The first kappa shape index (κ1) is 13.5. The van der Waals surface area contributed by atoms with Crippen molar-refractivity contribution in [3.05, 3.63) is 24.4 Å². The molecule has 1 aliphatic carbocycles. The van der Waals surface area contributed by atoms with Gasteiger partial charge in [0.1, 0.15) is 19.1 Å². The van der Waals surface area contributed by atoms with Crippen LogP contribution in [0.15, 0.2) is 29.5 Å². The summed E-state index contributed by atoms with van der Waals surface area (Å²) in [5.41, 5.74) is 0. The van der Waals surface area contributed by atoms with Gasteiger partial charge in [-0.2, -0.15) is 5.10 Å². The third-order valence-corrected chi connectivity index (χ3v) is 4.24. The molecule has 1 aliphatic heterocycles. The molecule has 3 unspecified atom stereocenters. The zero-order valence-electron chi connectivity index (χ0n) is 11.5. The van der Waals surface area contributed by atoms with Crippen molar-refractivity contribution in [2.24, 2.45) is 5.10 Å². The number of hydrogen-bond acceptors (Lipinski definition) is 5. The smallest absolute Gasteiger partial charge is 0.213 e. The largest absolute Gasteiger partial charge is 0.473 e. The fourth-order valence-electron chi connectivity index (χ4n) is 2.71. The lowest BCUT2D eigenvalue weighted by Gasteiger charge is -2.36. The standard InChI is InChI=1S/C14H19ClN4O/c1-18-9-17-19(10-18)11-5-6-13(12(15)8-11)20-14-4-2-3-7-16-14/h2-4,7,9,11-13H,5-6,8,10H2,1H3. The van der Waals surface area contributed by atoms with Gasteiger partial charge in [-0.15, -0.1) is 11.6 Å². The van der Waals surface area contributed by atoms with Gasteiger partial charge in [-0.1, -0.05) is 6.07 Å². The number of hydrazone groups is 1. The van der Waals surface area contributed by atoms with Crippen LogP contribution in [0.3, 0.4) is 0 Å². The maximum Gasteiger partial charge on any atom is 0.213 e. The predicted octanol–water partition coefficient (Wildman–Crippen LogP) is 2.14. The van der Waals surface area contributed by atoms with Gasteiger partial charge in [0.25, 0.3) is 0 Å². The van der Waals surface area contributed by atoms with Gasteiger partial charge in [0.2, 0.25) is 5.88 Å². The number of halogens is 1. The van der Waals surface area contributed by atoms with Crippen molar-refractivity contribution in [1.29, 1.82) is 0 Å². The van der Waals surface area contributed by atoms with Gasteiger partial charge in [0, 0.05) is 19.3 Å². The highest BCUT2D eigenvalue weighted by molar-refractivity contribution is 6.21. The first-order valence-corrected chi connectivity index (χ1v) is 7.39. The minimum atomic E-state index is -0.00291. The third-order valence-electron chi connectivity index (χ3n) is 3.78. The van der Waals surface area contributed by atoms with Crippen molar-refractivity contribution < 1.29 is 4.74 Å². The van der Waals surface area contributed by atoms with E-state index < -0.39 is 0 Å². The molecular formula is C14H19ClN4O. The molecule has 1 aromatic heterocycles. The van der Waals surface area contributed by atoms with Crippen LogP contribution in [0, 0.1) is 0 Å². The summed E-state index contributed by atoms with van der Waals surface area (Å²) in [5, 5.41) is 6.52. The molecule has 6 heteroatoms. The molecule has 2 heterocycles. The Labute approximate surface area is 124 Å². The minimum absolute atomic E-state index is 0.00291. The molecule has 0 N–H and O–H groups in total. The molecule has 0 amide bonds. The summed E-state index contributed by atoms with van der Waals surface area (Å²) < 4.78 is 5.89. The first-order chi connectivity index (χ1) is 9.72. The van der Waals surface area contributed by atoms with Gasteiger partial charge >= 0.3 is 0 Å². The van der Waals surface area contributed by atoms with Crippen LogP contribution in [0.1, 0.15) is 19.3 Å². The Hall–Kier alpha value is -1.49. The summed E-state index contributed by atoms with van der Waals surface area (Å²) in [6, 6.07) is 6.08. The molecule has 1 saturated carbocycles. The van der Waals surface area contributed by atoms with Crippen LogP contribution in [0.4, 0.5) is 0 Å². The quantitative estimate of drug-likeness (QED) is 0.801. The summed E-state index contributed by atoms with van der Waals surface area (Å²) in [6.07, 6.45) is 6.51. The fourth-order valence-corrected chi connectivity index (χ4v) is 3.09. The lowest BCUT2D eigenvalue weighted by Crippen LogP contribution is -2.43. The number of alkyl halides is 1. The number of aromatic nitrogens is 1. The Morgan fingerprint density at radius 3 is 2.90 bits per heavy atom. The summed E-state index contributed by atoms with van der Waals surface area (Å²) >= 11 is 6.50. The molecule has 0 bridgehead atoms. The maximum absolute atomic E-state index is 6.50. The van der Waals surface area contributed by atoms with Crippen molar-refractivity contribution in [3.8, 4) is 5.88 Å². The normalized spacial score (nSPS) is 29.8. The van der Waals surface area contributed by atoms with Crippen LogP contribution in [-0.4, -0.2) is 52.5 Å². The van der Waals surface area contributed by atoms with E-state index in [1.807, 2.05) is 31.6 Å². The second-order valence-electron chi connectivity index (χ2n) is 5.38. The molecule has 20 heavy (non-hydrogen) atoms. The van der Waals surface area contributed by atoms with E-state index in [2.05, 4.69) is 20.0 Å². The Bertz CT molecular complexity index is 470. The SMILES string of the molecule is CN1C=NN(C2CCC(Oc3ccccn3)C(Cl)C2)C1. The second kappa shape index (κ2) is 5.87. The van der Waals surface area contributed by atoms with E-state index in [4.69, 9.17) is 16.3 Å². The topological polar surface area (TPSA) is 41.0 Å². The lowest BCUT2D eigenvalue weighted by atomic mass is 9.92. The van der Waals surface area contributed by atoms with Crippen molar-refractivity contribution in [2.45, 2.75) is 36.8 Å². The van der Waals surface area contributed by atoms with Crippen LogP contribution in [0.2, 0.25) is 0 Å². The number of nitrogens with zero attached hydrogens (tertiary/aromatic N) is 4. The van der Waals surface area contributed by atoms with Crippen LogP contribution in [-0.2, 0) is 0 Å². The summed E-state index contributed by atoms with van der Waals surface area (Å²) in [4.78, 5) is 6.26. The summed E-state index contributed by atoms with van der Waals surface area (Å²) in [5.74, 6) is 0.653. The Morgan fingerprint density at radius 2 is 2.25 bits per heavy atom. The van der Waals surface area contributed by atoms with Crippen LogP contribution in [0.25, 0.3) is 0 Å². The highest BCUT2D eigenvalue weighted by Gasteiger charge is 2.34. The average molecular weight is 295 g/mol. The Balaban J connectivity index is 1.56. The molecule has 1 fully saturated rings. The van der Waals surface area contributed by atoms with E-state index in [9.17, 15) is 0 Å².